The number of ether oxygens (including phenoxy) is 1. The molecule has 1 saturated heterocycles. The average molecular weight is 264 g/mol. The zero-order chi connectivity index (χ0) is 13.7. The Kier molecular flexibility index (Phi) is 4.90. The molecule has 104 valence electrons. The number of hydrogen-bond donors (Lipinski definition) is 3. The third-order valence-corrected chi connectivity index (χ3v) is 3.39. The molecule has 1 aromatic rings. The molecule has 1 aromatic carbocycles. The van der Waals surface area contributed by atoms with E-state index >= 15 is 0 Å². The van der Waals surface area contributed by atoms with E-state index in [1.54, 1.807) is 19.2 Å². The fraction of sp³-hybridized carbons (Fsp3) is 0.500. The molecule has 1 atom stereocenters. The van der Waals surface area contributed by atoms with Crippen molar-refractivity contribution in [1.82, 2.24) is 10.6 Å². The molecule has 3 N–H and O–H groups in total. The van der Waals surface area contributed by atoms with E-state index in [9.17, 15) is 9.90 Å². The molecule has 1 aliphatic heterocycles. The molecule has 1 unspecified atom stereocenters. The summed E-state index contributed by atoms with van der Waals surface area (Å²) in [7, 11) is 1.65. The molecule has 19 heavy (non-hydrogen) atoms. The summed E-state index contributed by atoms with van der Waals surface area (Å²) in [6.07, 6.45) is 0.727. The number of aromatic carboxylic acids is 1. The number of benzene rings is 1. The fourth-order valence-electron chi connectivity index (χ4n) is 2.50. The molecule has 0 radical (unpaired) electrons. The van der Waals surface area contributed by atoms with E-state index in [1.807, 2.05) is 6.07 Å². The van der Waals surface area contributed by atoms with Gasteiger partial charge in [0, 0.05) is 32.8 Å². The summed E-state index contributed by atoms with van der Waals surface area (Å²) in [5, 5.41) is 16.0. The molecule has 1 heterocycles. The number of carbonyl (C=O) groups is 1. The van der Waals surface area contributed by atoms with E-state index in [2.05, 4.69) is 10.6 Å². The van der Waals surface area contributed by atoms with Crippen LogP contribution in [0, 0.1) is 0 Å². The highest BCUT2D eigenvalue weighted by Crippen LogP contribution is 2.24. The first-order chi connectivity index (χ1) is 9.24. The highest BCUT2D eigenvalue weighted by atomic mass is 16.5. The molecule has 0 saturated carbocycles. The highest BCUT2D eigenvalue weighted by molar-refractivity contribution is 5.90. The van der Waals surface area contributed by atoms with Crippen molar-refractivity contribution >= 4 is 5.97 Å². The molecule has 2 rings (SSSR count). The van der Waals surface area contributed by atoms with E-state index in [0.717, 1.165) is 37.2 Å². The number of carboxylic acid groups (broad SMARTS) is 1. The maximum Gasteiger partial charge on any atom is 0.336 e. The average Bonchev–Trinajstić information content (AvgIpc) is 2.45. The molecule has 0 bridgehead atoms. The van der Waals surface area contributed by atoms with Gasteiger partial charge in [0.15, 0.2) is 0 Å². The quantitative estimate of drug-likeness (QED) is 0.734. The van der Waals surface area contributed by atoms with Crippen molar-refractivity contribution < 1.29 is 14.6 Å². The van der Waals surface area contributed by atoms with E-state index < -0.39 is 5.97 Å². The SMILES string of the molecule is COCCc1cccc(C(=O)O)c1C1CNCCN1. The first-order valence-corrected chi connectivity index (χ1v) is 6.52. The molecule has 0 aliphatic carbocycles. The van der Waals surface area contributed by atoms with Crippen LogP contribution in [-0.2, 0) is 11.2 Å². The van der Waals surface area contributed by atoms with E-state index in [-0.39, 0.29) is 6.04 Å². The van der Waals surface area contributed by atoms with Crippen LogP contribution in [0.25, 0.3) is 0 Å². The van der Waals surface area contributed by atoms with Crippen molar-refractivity contribution in [2.24, 2.45) is 0 Å². The fourth-order valence-corrected chi connectivity index (χ4v) is 2.50. The van der Waals surface area contributed by atoms with Gasteiger partial charge in [-0.05, 0) is 23.6 Å². The van der Waals surface area contributed by atoms with Crippen molar-refractivity contribution in [2.75, 3.05) is 33.4 Å². The molecule has 0 aromatic heterocycles. The maximum absolute atomic E-state index is 11.4. The molecule has 1 fully saturated rings. The molecule has 5 heteroatoms. The number of nitrogens with one attached hydrogen (secondary N) is 2. The predicted molar refractivity (Wildman–Crippen MR) is 72.6 cm³/mol. The number of piperazine rings is 1. The second-order valence-electron chi connectivity index (χ2n) is 4.64. The van der Waals surface area contributed by atoms with Crippen LogP contribution < -0.4 is 10.6 Å². The lowest BCUT2D eigenvalue weighted by atomic mass is 9.92. The van der Waals surface area contributed by atoms with Gasteiger partial charge in [0.1, 0.15) is 0 Å². The third kappa shape index (κ3) is 3.32. The van der Waals surface area contributed by atoms with Crippen molar-refractivity contribution in [1.29, 1.82) is 0 Å². The van der Waals surface area contributed by atoms with Gasteiger partial charge in [-0.25, -0.2) is 4.79 Å². The normalized spacial score (nSPS) is 19.3. The lowest BCUT2D eigenvalue weighted by Gasteiger charge is -2.28. The Balaban J connectivity index is 2.36. The molecular formula is C14H20N2O3. The van der Waals surface area contributed by atoms with Crippen molar-refractivity contribution in [2.45, 2.75) is 12.5 Å². The Morgan fingerprint density at radius 2 is 2.32 bits per heavy atom. The number of methoxy groups -OCH3 is 1. The zero-order valence-electron chi connectivity index (χ0n) is 11.1. The first-order valence-electron chi connectivity index (χ1n) is 6.52. The van der Waals surface area contributed by atoms with Crippen LogP contribution in [0.15, 0.2) is 18.2 Å². The Morgan fingerprint density at radius 1 is 1.47 bits per heavy atom. The molecule has 5 nitrogen and oxygen atoms in total. The Hall–Kier alpha value is -1.43. The van der Waals surface area contributed by atoms with Crippen LogP contribution in [0.4, 0.5) is 0 Å². The lowest BCUT2D eigenvalue weighted by Crippen LogP contribution is -2.43. The van der Waals surface area contributed by atoms with Gasteiger partial charge in [-0.1, -0.05) is 12.1 Å². The largest absolute Gasteiger partial charge is 0.478 e. The summed E-state index contributed by atoms with van der Waals surface area (Å²) >= 11 is 0. The summed E-state index contributed by atoms with van der Waals surface area (Å²) in [6, 6.07) is 5.50. The summed E-state index contributed by atoms with van der Waals surface area (Å²) in [6.45, 7) is 3.11. The van der Waals surface area contributed by atoms with Crippen LogP contribution in [0.1, 0.15) is 27.5 Å². The van der Waals surface area contributed by atoms with Crippen LogP contribution in [-0.4, -0.2) is 44.4 Å². The summed E-state index contributed by atoms with van der Waals surface area (Å²) in [5.41, 5.74) is 2.32. The van der Waals surface area contributed by atoms with Gasteiger partial charge in [-0.3, -0.25) is 0 Å². The summed E-state index contributed by atoms with van der Waals surface area (Å²) < 4.78 is 5.10. The third-order valence-electron chi connectivity index (χ3n) is 3.39. The van der Waals surface area contributed by atoms with Crippen molar-refractivity contribution in [3.8, 4) is 0 Å². The Bertz CT molecular complexity index is 442. The van der Waals surface area contributed by atoms with Crippen LogP contribution in [0.5, 0.6) is 0 Å². The highest BCUT2D eigenvalue weighted by Gasteiger charge is 2.23. The monoisotopic (exact) mass is 264 g/mol. The summed E-state index contributed by atoms with van der Waals surface area (Å²) in [5.74, 6) is -0.873. The molecule has 0 amide bonds. The van der Waals surface area contributed by atoms with Crippen LogP contribution in [0.3, 0.4) is 0 Å². The second-order valence-corrected chi connectivity index (χ2v) is 4.64. The van der Waals surface area contributed by atoms with E-state index in [1.165, 1.54) is 0 Å². The summed E-state index contributed by atoms with van der Waals surface area (Å²) in [4.78, 5) is 11.4. The Morgan fingerprint density at radius 3 is 2.95 bits per heavy atom. The number of hydrogen-bond acceptors (Lipinski definition) is 4. The van der Waals surface area contributed by atoms with Gasteiger partial charge in [0.2, 0.25) is 0 Å². The van der Waals surface area contributed by atoms with Crippen molar-refractivity contribution in [3.63, 3.8) is 0 Å². The van der Waals surface area contributed by atoms with E-state index in [0.29, 0.717) is 12.2 Å². The van der Waals surface area contributed by atoms with Gasteiger partial charge in [-0.15, -0.1) is 0 Å². The predicted octanol–water partition coefficient (Wildman–Crippen LogP) is 0.808. The van der Waals surface area contributed by atoms with Crippen LogP contribution >= 0.6 is 0 Å². The van der Waals surface area contributed by atoms with E-state index in [4.69, 9.17) is 4.74 Å². The standard InChI is InChI=1S/C14H20N2O3/c1-19-8-5-10-3-2-4-11(14(17)18)13(10)12-9-15-6-7-16-12/h2-4,12,15-16H,5-9H2,1H3,(H,17,18). The molecule has 0 spiro atoms. The number of rotatable bonds is 5. The van der Waals surface area contributed by atoms with Gasteiger partial charge in [0.25, 0.3) is 0 Å². The van der Waals surface area contributed by atoms with Gasteiger partial charge >= 0.3 is 5.97 Å². The van der Waals surface area contributed by atoms with Gasteiger partial charge < -0.3 is 20.5 Å². The zero-order valence-corrected chi connectivity index (χ0v) is 11.1. The minimum Gasteiger partial charge on any atom is -0.478 e. The molecule has 1 aliphatic rings. The van der Waals surface area contributed by atoms with Crippen LogP contribution in [0.2, 0.25) is 0 Å². The smallest absolute Gasteiger partial charge is 0.336 e. The lowest BCUT2D eigenvalue weighted by molar-refractivity contribution is 0.0694. The maximum atomic E-state index is 11.4. The van der Waals surface area contributed by atoms with Gasteiger partial charge in [-0.2, -0.15) is 0 Å². The Labute approximate surface area is 113 Å². The minimum absolute atomic E-state index is 0.0490. The molecular weight excluding hydrogens is 244 g/mol. The van der Waals surface area contributed by atoms with Gasteiger partial charge in [0.05, 0.1) is 12.2 Å². The van der Waals surface area contributed by atoms with Crippen molar-refractivity contribution in [3.05, 3.63) is 34.9 Å². The first kappa shape index (κ1) is 14.0. The minimum atomic E-state index is -0.873. The number of carboxylic acids is 1. The second kappa shape index (κ2) is 6.65. The topological polar surface area (TPSA) is 70.6 Å².